The lowest BCUT2D eigenvalue weighted by molar-refractivity contribution is -0.138. The number of hydrogen-bond donors (Lipinski definition) is 0. The highest BCUT2D eigenvalue weighted by atomic mass is 16.1. The highest BCUT2D eigenvalue weighted by Crippen LogP contribution is 2.60. The summed E-state index contributed by atoms with van der Waals surface area (Å²) in [5.41, 5.74) is 3.91. The van der Waals surface area contributed by atoms with Crippen molar-refractivity contribution in [3.63, 3.8) is 0 Å². The van der Waals surface area contributed by atoms with E-state index in [1.165, 1.54) is 19.3 Å². The molecule has 0 aliphatic heterocycles. The van der Waals surface area contributed by atoms with Gasteiger partial charge in [0.1, 0.15) is 0 Å². The van der Waals surface area contributed by atoms with Crippen LogP contribution >= 0.6 is 0 Å². The molecule has 3 aromatic rings. The molecule has 3 heteroatoms. The monoisotopic (exact) mass is 408 g/mol. The molecular weight excluding hydrogens is 380 g/mol. The molecule has 2 aromatic carbocycles. The van der Waals surface area contributed by atoms with Crippen LogP contribution in [0, 0.1) is 23.2 Å². The average Bonchev–Trinajstić information content (AvgIpc) is 3.22. The number of benzene rings is 2. The van der Waals surface area contributed by atoms with Gasteiger partial charge >= 0.3 is 0 Å². The lowest BCUT2D eigenvalue weighted by Gasteiger charge is -2.55. The second-order valence-corrected chi connectivity index (χ2v) is 9.97. The Balaban J connectivity index is 1.34. The highest BCUT2D eigenvalue weighted by molar-refractivity contribution is 5.99. The number of aromatic nitrogens is 2. The van der Waals surface area contributed by atoms with E-state index in [0.29, 0.717) is 5.78 Å². The fraction of sp³-hybridized carbons (Fsp3) is 0.357. The van der Waals surface area contributed by atoms with E-state index in [2.05, 4.69) is 24.3 Å². The van der Waals surface area contributed by atoms with Gasteiger partial charge in [-0.1, -0.05) is 48.5 Å². The smallest absolute Gasteiger partial charge is 0.161 e. The Labute approximate surface area is 183 Å². The van der Waals surface area contributed by atoms with Crippen molar-refractivity contribution in [1.82, 2.24) is 9.78 Å². The van der Waals surface area contributed by atoms with Crippen LogP contribution in [0.4, 0.5) is 0 Å². The quantitative estimate of drug-likeness (QED) is 0.462. The number of nitrogens with zero attached hydrogens (tertiary/aromatic N) is 2. The van der Waals surface area contributed by atoms with Crippen LogP contribution in [-0.2, 0) is 4.79 Å². The molecule has 4 saturated carbocycles. The summed E-state index contributed by atoms with van der Waals surface area (Å²) < 4.78 is 1.91. The molecule has 4 fully saturated rings. The molecule has 1 heterocycles. The van der Waals surface area contributed by atoms with Gasteiger partial charge in [0.05, 0.1) is 11.4 Å². The van der Waals surface area contributed by atoms with E-state index >= 15 is 0 Å². The Morgan fingerprint density at radius 3 is 2.06 bits per heavy atom. The first-order valence-corrected chi connectivity index (χ1v) is 11.6. The van der Waals surface area contributed by atoms with Crippen molar-refractivity contribution in [2.75, 3.05) is 0 Å². The van der Waals surface area contributed by atoms with Crippen LogP contribution in [0.1, 0.15) is 44.1 Å². The van der Waals surface area contributed by atoms with Crippen molar-refractivity contribution in [2.24, 2.45) is 23.2 Å². The summed E-state index contributed by atoms with van der Waals surface area (Å²) in [6.45, 7) is 0. The summed E-state index contributed by atoms with van der Waals surface area (Å²) in [5.74, 6) is 2.69. The van der Waals surface area contributed by atoms with Gasteiger partial charge in [-0.05, 0) is 80.6 Å². The van der Waals surface area contributed by atoms with E-state index in [9.17, 15) is 4.79 Å². The molecule has 7 rings (SSSR count). The maximum atomic E-state index is 13.5. The molecule has 0 amide bonds. The minimum Gasteiger partial charge on any atom is -0.294 e. The molecule has 0 atom stereocenters. The molecule has 4 aliphatic rings. The normalized spacial score (nSPS) is 29.0. The molecule has 0 spiro atoms. The van der Waals surface area contributed by atoms with Crippen molar-refractivity contribution in [1.29, 1.82) is 0 Å². The van der Waals surface area contributed by atoms with Crippen molar-refractivity contribution < 1.29 is 4.79 Å². The Kier molecular flexibility index (Phi) is 4.45. The molecule has 1 aromatic heterocycles. The summed E-state index contributed by atoms with van der Waals surface area (Å²) in [7, 11) is 0. The first kappa shape index (κ1) is 18.8. The first-order chi connectivity index (χ1) is 15.2. The van der Waals surface area contributed by atoms with Crippen molar-refractivity contribution in [3.8, 4) is 16.9 Å². The van der Waals surface area contributed by atoms with Gasteiger partial charge in [-0.25, -0.2) is 4.68 Å². The third kappa shape index (κ3) is 3.37. The van der Waals surface area contributed by atoms with E-state index < -0.39 is 0 Å². The van der Waals surface area contributed by atoms with Crippen LogP contribution in [0.5, 0.6) is 0 Å². The van der Waals surface area contributed by atoms with Crippen LogP contribution in [0.25, 0.3) is 23.0 Å². The average molecular weight is 409 g/mol. The van der Waals surface area contributed by atoms with E-state index in [1.807, 2.05) is 59.4 Å². The SMILES string of the molecule is O=C(/C=C/c1cn(-c2ccccc2)nc1-c1ccccc1)C12CC3CC(CC(C3)C1)C2. The molecule has 4 aliphatic carbocycles. The number of rotatable bonds is 5. The molecule has 0 radical (unpaired) electrons. The van der Waals surface area contributed by atoms with Crippen molar-refractivity contribution >= 4 is 11.9 Å². The molecular formula is C28H28N2O. The molecule has 0 N–H and O–H groups in total. The van der Waals surface area contributed by atoms with E-state index in [-0.39, 0.29) is 5.41 Å². The Bertz CT molecular complexity index is 1090. The second kappa shape index (κ2) is 7.33. The van der Waals surface area contributed by atoms with Crippen molar-refractivity contribution in [3.05, 3.63) is 78.5 Å². The molecule has 3 nitrogen and oxygen atoms in total. The van der Waals surface area contributed by atoms with E-state index in [1.54, 1.807) is 0 Å². The molecule has 0 unspecified atom stereocenters. The standard InChI is InChI=1S/C28H28N2O/c31-26(28-16-20-13-21(17-28)15-22(14-20)18-28)12-11-24-19-30(25-9-5-2-6-10-25)29-27(24)23-7-3-1-4-8-23/h1-12,19-22H,13-18H2/b12-11+. The summed E-state index contributed by atoms with van der Waals surface area (Å²) in [6, 6.07) is 20.4. The van der Waals surface area contributed by atoms with E-state index in [0.717, 1.165) is 59.5 Å². The third-order valence-corrected chi connectivity index (χ3v) is 7.79. The first-order valence-electron chi connectivity index (χ1n) is 11.6. The fourth-order valence-electron chi connectivity index (χ4n) is 6.80. The zero-order chi connectivity index (χ0) is 20.8. The second-order valence-electron chi connectivity index (χ2n) is 9.97. The van der Waals surface area contributed by atoms with Crippen LogP contribution in [0.3, 0.4) is 0 Å². The number of para-hydroxylation sites is 1. The number of carbonyl (C=O) groups is 1. The topological polar surface area (TPSA) is 34.9 Å². The number of ketones is 1. The van der Waals surface area contributed by atoms with Crippen LogP contribution < -0.4 is 0 Å². The molecule has 156 valence electrons. The van der Waals surface area contributed by atoms with Gasteiger partial charge in [-0.3, -0.25) is 4.79 Å². The van der Waals surface area contributed by atoms with Gasteiger partial charge in [-0.2, -0.15) is 5.10 Å². The predicted molar refractivity (Wildman–Crippen MR) is 124 cm³/mol. The maximum Gasteiger partial charge on any atom is 0.161 e. The third-order valence-electron chi connectivity index (χ3n) is 7.79. The minimum absolute atomic E-state index is 0.0897. The summed E-state index contributed by atoms with van der Waals surface area (Å²) in [6.07, 6.45) is 13.3. The largest absolute Gasteiger partial charge is 0.294 e. The number of allylic oxidation sites excluding steroid dienone is 1. The molecule has 0 saturated heterocycles. The number of carbonyl (C=O) groups excluding carboxylic acids is 1. The van der Waals surface area contributed by atoms with Gasteiger partial charge < -0.3 is 0 Å². The highest BCUT2D eigenvalue weighted by Gasteiger charge is 2.53. The van der Waals surface area contributed by atoms with Crippen LogP contribution in [0.2, 0.25) is 0 Å². The Morgan fingerprint density at radius 1 is 0.871 bits per heavy atom. The molecule has 4 bridgehead atoms. The summed E-state index contributed by atoms with van der Waals surface area (Å²) >= 11 is 0. The minimum atomic E-state index is -0.0897. The Hall–Kier alpha value is -2.94. The number of hydrogen-bond acceptors (Lipinski definition) is 2. The van der Waals surface area contributed by atoms with Gasteiger partial charge in [0.15, 0.2) is 5.78 Å². The Morgan fingerprint density at radius 2 is 1.45 bits per heavy atom. The van der Waals surface area contributed by atoms with Gasteiger partial charge in [0.25, 0.3) is 0 Å². The van der Waals surface area contributed by atoms with Crippen LogP contribution in [0.15, 0.2) is 72.9 Å². The van der Waals surface area contributed by atoms with E-state index in [4.69, 9.17) is 5.10 Å². The zero-order valence-electron chi connectivity index (χ0n) is 17.8. The summed E-state index contributed by atoms with van der Waals surface area (Å²) in [5, 5.41) is 4.88. The lowest BCUT2D eigenvalue weighted by atomic mass is 9.48. The molecule has 31 heavy (non-hydrogen) atoms. The lowest BCUT2D eigenvalue weighted by Crippen LogP contribution is -2.49. The summed E-state index contributed by atoms with van der Waals surface area (Å²) in [4.78, 5) is 13.5. The fourth-order valence-corrected chi connectivity index (χ4v) is 6.80. The van der Waals surface area contributed by atoms with Gasteiger partial charge in [0.2, 0.25) is 0 Å². The van der Waals surface area contributed by atoms with Gasteiger partial charge in [0, 0.05) is 22.7 Å². The maximum absolute atomic E-state index is 13.5. The van der Waals surface area contributed by atoms with Crippen LogP contribution in [-0.4, -0.2) is 15.6 Å². The van der Waals surface area contributed by atoms with Gasteiger partial charge in [-0.15, -0.1) is 0 Å². The predicted octanol–water partition coefficient (Wildman–Crippen LogP) is 6.34. The van der Waals surface area contributed by atoms with Crippen molar-refractivity contribution in [2.45, 2.75) is 38.5 Å². The zero-order valence-corrected chi connectivity index (χ0v) is 17.8.